The van der Waals surface area contributed by atoms with E-state index in [0.29, 0.717) is 24.3 Å². The molecule has 132 valence electrons. The fourth-order valence-electron chi connectivity index (χ4n) is 3.18. The highest BCUT2D eigenvalue weighted by Gasteiger charge is 2.39. The molecule has 25 heavy (non-hydrogen) atoms. The van der Waals surface area contributed by atoms with Crippen molar-refractivity contribution in [1.29, 1.82) is 0 Å². The van der Waals surface area contributed by atoms with Gasteiger partial charge in [0, 0.05) is 39.6 Å². The summed E-state index contributed by atoms with van der Waals surface area (Å²) in [7, 11) is 5.31. The number of rotatable bonds is 4. The van der Waals surface area contributed by atoms with Crippen LogP contribution < -0.4 is 10.6 Å². The molecule has 1 aliphatic rings. The Morgan fingerprint density at radius 2 is 2.04 bits per heavy atom. The number of hydrogen-bond acceptors (Lipinski definition) is 5. The van der Waals surface area contributed by atoms with E-state index in [2.05, 4.69) is 4.98 Å². The number of methoxy groups -OCH3 is 1. The normalized spacial score (nSPS) is 20.0. The van der Waals surface area contributed by atoms with Gasteiger partial charge in [0.1, 0.15) is 11.9 Å². The maximum Gasteiger partial charge on any atom is 0.255 e. The molecule has 0 aliphatic carbocycles. The van der Waals surface area contributed by atoms with E-state index in [9.17, 15) is 9.59 Å². The lowest BCUT2D eigenvalue weighted by Gasteiger charge is -2.23. The van der Waals surface area contributed by atoms with E-state index in [1.807, 2.05) is 43.3 Å². The fourth-order valence-corrected chi connectivity index (χ4v) is 3.18. The van der Waals surface area contributed by atoms with Crippen molar-refractivity contribution in [1.82, 2.24) is 9.88 Å². The summed E-state index contributed by atoms with van der Waals surface area (Å²) in [4.78, 5) is 33.0. The summed E-state index contributed by atoms with van der Waals surface area (Å²) in [5.74, 6) is -0.0655. The Kier molecular flexibility index (Phi) is 4.59. The molecule has 2 amide bonds. The van der Waals surface area contributed by atoms with Crippen molar-refractivity contribution >= 4 is 28.5 Å². The van der Waals surface area contributed by atoms with Crippen LogP contribution in [0.1, 0.15) is 16.8 Å². The number of fused-ring (bicyclic) bond motifs is 1. The first-order valence-electron chi connectivity index (χ1n) is 8.12. The monoisotopic (exact) mass is 342 g/mol. The first-order chi connectivity index (χ1) is 11.9. The first-order valence-corrected chi connectivity index (χ1v) is 8.12. The molecule has 2 aromatic rings. The number of pyridine rings is 1. The number of ether oxygens (including phenoxy) is 1. The van der Waals surface area contributed by atoms with Crippen LogP contribution in [0.3, 0.4) is 0 Å². The molecule has 1 aromatic heterocycles. The number of carbonyl (C=O) groups is 2. The van der Waals surface area contributed by atoms with Crippen LogP contribution in [0.5, 0.6) is 0 Å². The first kappa shape index (κ1) is 17.2. The minimum atomic E-state index is -0.660. The number of likely N-dealkylation sites (tertiary alicyclic amines) is 1. The maximum absolute atomic E-state index is 13.2. The van der Waals surface area contributed by atoms with Crippen LogP contribution in [-0.2, 0) is 9.53 Å². The summed E-state index contributed by atoms with van der Waals surface area (Å²) < 4.78 is 5.34. The zero-order valence-electron chi connectivity index (χ0n) is 14.6. The van der Waals surface area contributed by atoms with E-state index < -0.39 is 11.9 Å². The van der Waals surface area contributed by atoms with Crippen LogP contribution in [0.15, 0.2) is 30.3 Å². The second-order valence-electron chi connectivity index (χ2n) is 6.41. The Balaban J connectivity index is 2.08. The number of aromatic nitrogens is 1. The molecule has 7 nitrogen and oxygen atoms in total. The lowest BCUT2D eigenvalue weighted by molar-refractivity contribution is -0.121. The Bertz CT molecular complexity index is 821. The molecular formula is C18H22N4O3. The van der Waals surface area contributed by atoms with Crippen molar-refractivity contribution in [2.45, 2.75) is 18.6 Å². The van der Waals surface area contributed by atoms with Crippen LogP contribution in [0.25, 0.3) is 10.9 Å². The number of primary amides is 1. The van der Waals surface area contributed by atoms with E-state index >= 15 is 0 Å². The summed E-state index contributed by atoms with van der Waals surface area (Å²) in [6.07, 6.45) is 0.226. The zero-order chi connectivity index (χ0) is 18.1. The van der Waals surface area contributed by atoms with Crippen molar-refractivity contribution in [3.63, 3.8) is 0 Å². The van der Waals surface area contributed by atoms with Gasteiger partial charge in [0.25, 0.3) is 5.91 Å². The lowest BCUT2D eigenvalue weighted by Crippen LogP contribution is -2.43. The fraction of sp³-hybridized carbons (Fsp3) is 0.389. The third-order valence-corrected chi connectivity index (χ3v) is 4.58. The topological polar surface area (TPSA) is 88.8 Å². The van der Waals surface area contributed by atoms with Crippen LogP contribution in [0.4, 0.5) is 5.82 Å². The van der Waals surface area contributed by atoms with Gasteiger partial charge in [-0.3, -0.25) is 9.59 Å². The second kappa shape index (κ2) is 6.68. The SMILES string of the molecule is CO[C@H]1C[C@@H](C(N)=O)N(C(=O)c2cc(N(C)C)nc3ccccc23)C1. The van der Waals surface area contributed by atoms with Crippen molar-refractivity contribution < 1.29 is 14.3 Å². The molecule has 0 saturated carbocycles. The largest absolute Gasteiger partial charge is 0.380 e. The number of benzene rings is 1. The minimum Gasteiger partial charge on any atom is -0.380 e. The third-order valence-electron chi connectivity index (χ3n) is 4.58. The van der Waals surface area contributed by atoms with Crippen LogP contribution in [0.2, 0.25) is 0 Å². The highest BCUT2D eigenvalue weighted by Crippen LogP contribution is 2.27. The highest BCUT2D eigenvalue weighted by molar-refractivity contribution is 6.08. The summed E-state index contributed by atoms with van der Waals surface area (Å²) in [6.45, 7) is 0.344. The predicted octanol–water partition coefficient (Wildman–Crippen LogP) is 1.02. The molecule has 1 aromatic carbocycles. The Labute approximate surface area is 146 Å². The molecule has 0 bridgehead atoms. The molecular weight excluding hydrogens is 320 g/mol. The van der Waals surface area contributed by atoms with Gasteiger partial charge in [0.05, 0.1) is 17.2 Å². The Morgan fingerprint density at radius 3 is 2.68 bits per heavy atom. The van der Waals surface area contributed by atoms with Crippen molar-refractivity contribution in [3.8, 4) is 0 Å². The molecule has 2 heterocycles. The van der Waals surface area contributed by atoms with Crippen LogP contribution >= 0.6 is 0 Å². The molecule has 3 rings (SSSR count). The van der Waals surface area contributed by atoms with Crippen molar-refractivity contribution in [2.75, 3.05) is 32.6 Å². The van der Waals surface area contributed by atoms with E-state index in [0.717, 1.165) is 10.9 Å². The molecule has 7 heteroatoms. The summed E-state index contributed by atoms with van der Waals surface area (Å²) in [5.41, 5.74) is 6.75. The van der Waals surface area contributed by atoms with Gasteiger partial charge in [-0.1, -0.05) is 18.2 Å². The van der Waals surface area contributed by atoms with Gasteiger partial charge in [0.15, 0.2) is 0 Å². The molecule has 1 aliphatic heterocycles. The van der Waals surface area contributed by atoms with Gasteiger partial charge < -0.3 is 20.3 Å². The number of hydrogen-bond donors (Lipinski definition) is 1. The second-order valence-corrected chi connectivity index (χ2v) is 6.41. The van der Waals surface area contributed by atoms with Gasteiger partial charge >= 0.3 is 0 Å². The Morgan fingerprint density at radius 1 is 1.32 bits per heavy atom. The number of nitrogens with zero attached hydrogens (tertiary/aromatic N) is 3. The lowest BCUT2D eigenvalue weighted by atomic mass is 10.1. The number of carbonyl (C=O) groups excluding carboxylic acids is 2. The number of amides is 2. The molecule has 0 unspecified atom stereocenters. The van der Waals surface area contributed by atoms with Gasteiger partial charge in [-0.2, -0.15) is 0 Å². The predicted molar refractivity (Wildman–Crippen MR) is 95.5 cm³/mol. The van der Waals surface area contributed by atoms with Gasteiger partial charge in [-0.05, 0) is 12.1 Å². The number of anilines is 1. The number of nitrogens with two attached hydrogens (primary N) is 1. The average molecular weight is 342 g/mol. The average Bonchev–Trinajstić information content (AvgIpc) is 3.04. The van der Waals surface area contributed by atoms with Gasteiger partial charge in [0.2, 0.25) is 5.91 Å². The van der Waals surface area contributed by atoms with E-state index in [1.165, 1.54) is 4.90 Å². The standard InChI is InChI=1S/C18H22N4O3/c1-21(2)16-9-13(12-6-4-5-7-14(12)20-16)18(24)22-10-11(25-3)8-15(22)17(19)23/h4-7,9,11,15H,8,10H2,1-3H3,(H2,19,23)/t11-,15-/m0/s1. The quantitative estimate of drug-likeness (QED) is 0.896. The Hall–Kier alpha value is -2.67. The van der Waals surface area contributed by atoms with E-state index in [4.69, 9.17) is 10.5 Å². The summed E-state index contributed by atoms with van der Waals surface area (Å²) in [5, 5.41) is 0.752. The van der Waals surface area contributed by atoms with Crippen LogP contribution in [0, 0.1) is 0 Å². The summed E-state index contributed by atoms with van der Waals surface area (Å²) >= 11 is 0. The van der Waals surface area contributed by atoms with Gasteiger partial charge in [-0.25, -0.2) is 4.98 Å². The molecule has 0 radical (unpaired) electrons. The molecule has 2 N–H and O–H groups in total. The van der Waals surface area contributed by atoms with E-state index in [-0.39, 0.29) is 12.0 Å². The van der Waals surface area contributed by atoms with Crippen molar-refractivity contribution in [2.24, 2.45) is 5.73 Å². The molecule has 0 spiro atoms. The molecule has 2 atom stereocenters. The van der Waals surface area contributed by atoms with Crippen LogP contribution in [-0.4, -0.2) is 61.6 Å². The van der Waals surface area contributed by atoms with E-state index in [1.54, 1.807) is 13.2 Å². The zero-order valence-corrected chi connectivity index (χ0v) is 14.6. The maximum atomic E-state index is 13.2. The highest BCUT2D eigenvalue weighted by atomic mass is 16.5. The molecule has 1 saturated heterocycles. The number of para-hydroxylation sites is 1. The van der Waals surface area contributed by atoms with Gasteiger partial charge in [-0.15, -0.1) is 0 Å². The molecule has 1 fully saturated rings. The minimum absolute atomic E-state index is 0.192. The third kappa shape index (κ3) is 3.15. The van der Waals surface area contributed by atoms with Crippen molar-refractivity contribution in [3.05, 3.63) is 35.9 Å². The summed E-state index contributed by atoms with van der Waals surface area (Å²) in [6, 6.07) is 8.57. The smallest absolute Gasteiger partial charge is 0.255 e.